The predicted octanol–water partition coefficient (Wildman–Crippen LogP) is 5.09. The van der Waals surface area contributed by atoms with Crippen LogP contribution in [0.15, 0.2) is 47.4 Å². The summed E-state index contributed by atoms with van der Waals surface area (Å²) in [5.41, 5.74) is 1.76. The third-order valence-corrected chi connectivity index (χ3v) is 4.60. The molecule has 0 fully saturated rings. The van der Waals surface area contributed by atoms with Crippen molar-refractivity contribution in [3.8, 4) is 0 Å². The minimum Gasteiger partial charge on any atom is -0.310 e. The zero-order valence-electron chi connectivity index (χ0n) is 12.2. The van der Waals surface area contributed by atoms with Gasteiger partial charge in [0.05, 0.1) is 0 Å². The first-order valence-corrected chi connectivity index (χ1v) is 8.56. The number of nitrogens with one attached hydrogen (secondary N) is 1. The van der Waals surface area contributed by atoms with Crippen LogP contribution in [0.25, 0.3) is 0 Å². The SMILES string of the molecule is CCNC(Cc1c(F)cccc1Cl)c1ccccc1SC. The van der Waals surface area contributed by atoms with E-state index in [2.05, 4.69) is 30.6 Å². The maximum absolute atomic E-state index is 14.0. The second kappa shape index (κ2) is 7.83. The van der Waals surface area contributed by atoms with Gasteiger partial charge in [-0.05, 0) is 43.0 Å². The number of benzene rings is 2. The lowest BCUT2D eigenvalue weighted by atomic mass is 9.98. The summed E-state index contributed by atoms with van der Waals surface area (Å²) >= 11 is 7.86. The van der Waals surface area contributed by atoms with E-state index < -0.39 is 0 Å². The molecule has 2 rings (SSSR count). The molecule has 0 radical (unpaired) electrons. The van der Waals surface area contributed by atoms with Crippen LogP contribution in [0.2, 0.25) is 5.02 Å². The summed E-state index contributed by atoms with van der Waals surface area (Å²) in [7, 11) is 0. The molecule has 2 aromatic carbocycles. The molecule has 0 aliphatic carbocycles. The Morgan fingerprint density at radius 1 is 1.19 bits per heavy atom. The molecule has 0 amide bonds. The third-order valence-electron chi connectivity index (χ3n) is 3.43. The van der Waals surface area contributed by atoms with Crippen molar-refractivity contribution in [1.29, 1.82) is 0 Å². The molecule has 0 aliphatic heterocycles. The number of rotatable bonds is 6. The van der Waals surface area contributed by atoms with Gasteiger partial charge in [-0.3, -0.25) is 0 Å². The van der Waals surface area contributed by atoms with Gasteiger partial charge in [0.25, 0.3) is 0 Å². The molecule has 0 bridgehead atoms. The Morgan fingerprint density at radius 2 is 1.95 bits per heavy atom. The highest BCUT2D eigenvalue weighted by atomic mass is 35.5. The Balaban J connectivity index is 2.35. The summed E-state index contributed by atoms with van der Waals surface area (Å²) < 4.78 is 14.0. The largest absolute Gasteiger partial charge is 0.310 e. The van der Waals surface area contributed by atoms with Crippen molar-refractivity contribution >= 4 is 23.4 Å². The normalized spacial score (nSPS) is 12.4. The fourth-order valence-electron chi connectivity index (χ4n) is 2.42. The van der Waals surface area contributed by atoms with Gasteiger partial charge >= 0.3 is 0 Å². The van der Waals surface area contributed by atoms with E-state index in [0.29, 0.717) is 17.0 Å². The Kier molecular flexibility index (Phi) is 6.09. The maximum Gasteiger partial charge on any atom is 0.127 e. The Morgan fingerprint density at radius 3 is 2.62 bits per heavy atom. The van der Waals surface area contributed by atoms with Gasteiger partial charge in [-0.1, -0.05) is 42.8 Å². The molecule has 0 saturated heterocycles. The van der Waals surface area contributed by atoms with Crippen LogP contribution < -0.4 is 5.32 Å². The highest BCUT2D eigenvalue weighted by Crippen LogP contribution is 2.30. The van der Waals surface area contributed by atoms with Crippen LogP contribution in [0.4, 0.5) is 4.39 Å². The molecule has 21 heavy (non-hydrogen) atoms. The zero-order chi connectivity index (χ0) is 15.2. The van der Waals surface area contributed by atoms with Crippen molar-refractivity contribution in [2.24, 2.45) is 0 Å². The Hall–Kier alpha value is -1.03. The van der Waals surface area contributed by atoms with Gasteiger partial charge in [-0.15, -0.1) is 11.8 Å². The van der Waals surface area contributed by atoms with Gasteiger partial charge in [-0.25, -0.2) is 4.39 Å². The molecule has 1 N–H and O–H groups in total. The minimum absolute atomic E-state index is 0.0491. The molecular weight excluding hydrogens is 305 g/mol. The van der Waals surface area contributed by atoms with Crippen LogP contribution in [0.1, 0.15) is 24.1 Å². The highest BCUT2D eigenvalue weighted by molar-refractivity contribution is 7.98. The lowest BCUT2D eigenvalue weighted by Gasteiger charge is -2.21. The van der Waals surface area contributed by atoms with Crippen LogP contribution in [-0.4, -0.2) is 12.8 Å². The summed E-state index contributed by atoms with van der Waals surface area (Å²) in [6, 6.07) is 13.1. The first kappa shape index (κ1) is 16.3. The minimum atomic E-state index is -0.243. The molecule has 0 aliphatic rings. The van der Waals surface area contributed by atoms with Gasteiger partial charge in [-0.2, -0.15) is 0 Å². The van der Waals surface area contributed by atoms with E-state index in [1.807, 2.05) is 12.1 Å². The average molecular weight is 324 g/mol. The van der Waals surface area contributed by atoms with Crippen LogP contribution in [0, 0.1) is 5.82 Å². The lowest BCUT2D eigenvalue weighted by Crippen LogP contribution is -2.24. The zero-order valence-corrected chi connectivity index (χ0v) is 13.8. The predicted molar refractivity (Wildman–Crippen MR) is 89.8 cm³/mol. The van der Waals surface area contributed by atoms with E-state index in [-0.39, 0.29) is 11.9 Å². The molecule has 0 saturated carbocycles. The standard InChI is InChI=1S/C17H19ClFNS/c1-3-20-16(12-7-4-5-10-17(12)21-2)11-13-14(18)8-6-9-15(13)19/h4-10,16,20H,3,11H2,1-2H3. The first-order chi connectivity index (χ1) is 10.2. The summed E-state index contributed by atoms with van der Waals surface area (Å²) in [5.74, 6) is -0.243. The van der Waals surface area contributed by atoms with Gasteiger partial charge in [0.2, 0.25) is 0 Å². The Labute approximate surface area is 134 Å². The fourth-order valence-corrected chi connectivity index (χ4v) is 3.33. The van der Waals surface area contributed by atoms with Crippen LogP contribution in [0.3, 0.4) is 0 Å². The molecule has 0 spiro atoms. The summed E-state index contributed by atoms with van der Waals surface area (Å²) in [6.45, 7) is 2.87. The first-order valence-electron chi connectivity index (χ1n) is 6.96. The van der Waals surface area contributed by atoms with E-state index in [9.17, 15) is 4.39 Å². The second-order valence-corrected chi connectivity index (χ2v) is 6.01. The molecule has 4 heteroatoms. The highest BCUT2D eigenvalue weighted by Gasteiger charge is 2.18. The van der Waals surface area contributed by atoms with Crippen molar-refractivity contribution in [3.63, 3.8) is 0 Å². The number of hydrogen-bond acceptors (Lipinski definition) is 2. The summed E-state index contributed by atoms with van der Waals surface area (Å²) in [6.07, 6.45) is 2.59. The fraction of sp³-hybridized carbons (Fsp3) is 0.294. The monoisotopic (exact) mass is 323 g/mol. The molecule has 2 aromatic rings. The van der Waals surface area contributed by atoms with Crippen LogP contribution in [-0.2, 0) is 6.42 Å². The van der Waals surface area contributed by atoms with Crippen molar-refractivity contribution in [1.82, 2.24) is 5.32 Å². The molecule has 112 valence electrons. The number of thioether (sulfide) groups is 1. The topological polar surface area (TPSA) is 12.0 Å². The van der Waals surface area contributed by atoms with E-state index in [1.54, 1.807) is 23.9 Å². The van der Waals surface area contributed by atoms with Crippen LogP contribution >= 0.6 is 23.4 Å². The molecule has 1 nitrogen and oxygen atoms in total. The van der Waals surface area contributed by atoms with Gasteiger partial charge in [0.15, 0.2) is 0 Å². The van der Waals surface area contributed by atoms with Crippen LogP contribution in [0.5, 0.6) is 0 Å². The van der Waals surface area contributed by atoms with Crippen molar-refractivity contribution in [2.75, 3.05) is 12.8 Å². The van der Waals surface area contributed by atoms with Gasteiger partial charge in [0, 0.05) is 21.5 Å². The van der Waals surface area contributed by atoms with E-state index in [0.717, 1.165) is 6.54 Å². The quantitative estimate of drug-likeness (QED) is 0.743. The number of likely N-dealkylation sites (N-methyl/N-ethyl adjacent to an activating group) is 1. The molecule has 1 atom stereocenters. The maximum atomic E-state index is 14.0. The number of halogens is 2. The molecule has 0 heterocycles. The van der Waals surface area contributed by atoms with E-state index >= 15 is 0 Å². The van der Waals surface area contributed by atoms with Crippen molar-refractivity contribution in [2.45, 2.75) is 24.3 Å². The lowest BCUT2D eigenvalue weighted by molar-refractivity contribution is 0.522. The Bertz CT molecular complexity index is 583. The number of hydrogen-bond donors (Lipinski definition) is 1. The van der Waals surface area contributed by atoms with E-state index in [1.165, 1.54) is 16.5 Å². The summed E-state index contributed by atoms with van der Waals surface area (Å²) in [4.78, 5) is 1.20. The van der Waals surface area contributed by atoms with Crippen molar-refractivity contribution < 1.29 is 4.39 Å². The molecule has 0 aromatic heterocycles. The average Bonchev–Trinajstić information content (AvgIpc) is 2.50. The second-order valence-electron chi connectivity index (χ2n) is 4.76. The molecular formula is C17H19ClFNS. The van der Waals surface area contributed by atoms with Crippen molar-refractivity contribution in [3.05, 3.63) is 64.4 Å². The van der Waals surface area contributed by atoms with Gasteiger partial charge in [0.1, 0.15) is 5.82 Å². The van der Waals surface area contributed by atoms with E-state index in [4.69, 9.17) is 11.6 Å². The smallest absolute Gasteiger partial charge is 0.127 e. The third kappa shape index (κ3) is 4.00. The van der Waals surface area contributed by atoms with Gasteiger partial charge < -0.3 is 5.32 Å². The molecule has 1 unspecified atom stereocenters. The summed E-state index contributed by atoms with van der Waals surface area (Å²) in [5, 5.41) is 3.92.